The lowest BCUT2D eigenvalue weighted by molar-refractivity contribution is -0.430. The molecule has 3 nitrogen and oxygen atoms in total. The maximum atomic E-state index is 10.7. The largest absolute Gasteiger partial charge is 0.386 e. The van der Waals surface area contributed by atoms with Gasteiger partial charge < -0.3 is 5.11 Å². The average Bonchev–Trinajstić information content (AvgIpc) is 2.25. The lowest BCUT2D eigenvalue weighted by atomic mass is 9.68. The summed E-state index contributed by atoms with van der Waals surface area (Å²) in [7, 11) is 0. The Morgan fingerprint density at radius 3 is 1.88 bits per heavy atom. The molecule has 0 bridgehead atoms. The van der Waals surface area contributed by atoms with Crippen LogP contribution in [0.2, 0.25) is 0 Å². The van der Waals surface area contributed by atoms with Crippen molar-refractivity contribution in [3.05, 3.63) is 24.3 Å². The number of fused-ring (bicyclic) bond motifs is 1. The molecule has 2 aliphatic carbocycles. The second-order valence-corrected chi connectivity index (χ2v) is 6.06. The van der Waals surface area contributed by atoms with E-state index in [-0.39, 0.29) is 5.60 Å². The molecule has 96 valence electrons. The molecule has 0 aromatic rings. The molecule has 17 heavy (non-hydrogen) atoms. The lowest BCUT2D eigenvalue weighted by Gasteiger charge is -2.48. The van der Waals surface area contributed by atoms with Crippen LogP contribution in [0.3, 0.4) is 0 Å². The van der Waals surface area contributed by atoms with Gasteiger partial charge in [0.15, 0.2) is 0 Å². The SMILES string of the molecule is CC(C)(C)OOC12CC=CCC1(O)CC=CC2. The third-order valence-corrected chi connectivity index (χ3v) is 3.44. The predicted octanol–water partition coefficient (Wildman–Crippen LogP) is 2.90. The van der Waals surface area contributed by atoms with Gasteiger partial charge in [-0.15, -0.1) is 0 Å². The fourth-order valence-corrected chi connectivity index (χ4v) is 2.37. The summed E-state index contributed by atoms with van der Waals surface area (Å²) in [4.78, 5) is 11.2. The smallest absolute Gasteiger partial charge is 0.139 e. The van der Waals surface area contributed by atoms with E-state index in [1.165, 1.54) is 0 Å². The molecule has 0 unspecified atom stereocenters. The van der Waals surface area contributed by atoms with Crippen LogP contribution in [0, 0.1) is 0 Å². The van der Waals surface area contributed by atoms with Crippen molar-refractivity contribution in [2.24, 2.45) is 0 Å². The predicted molar refractivity (Wildman–Crippen MR) is 66.4 cm³/mol. The van der Waals surface area contributed by atoms with E-state index < -0.39 is 11.2 Å². The van der Waals surface area contributed by atoms with Crippen LogP contribution < -0.4 is 0 Å². The number of rotatable bonds is 2. The Balaban J connectivity index is 2.19. The minimum Gasteiger partial charge on any atom is -0.386 e. The van der Waals surface area contributed by atoms with E-state index in [0.717, 1.165) is 0 Å². The Morgan fingerprint density at radius 1 is 0.941 bits per heavy atom. The highest BCUT2D eigenvalue weighted by atomic mass is 17.2. The quantitative estimate of drug-likeness (QED) is 0.457. The molecule has 0 heterocycles. The van der Waals surface area contributed by atoms with Gasteiger partial charge in [0.1, 0.15) is 11.2 Å². The molecule has 3 heteroatoms. The molecule has 0 fully saturated rings. The van der Waals surface area contributed by atoms with Crippen LogP contribution in [0.25, 0.3) is 0 Å². The third kappa shape index (κ3) is 2.46. The van der Waals surface area contributed by atoms with Crippen LogP contribution in [0.15, 0.2) is 24.3 Å². The van der Waals surface area contributed by atoms with Crippen LogP contribution in [-0.4, -0.2) is 21.9 Å². The fourth-order valence-electron chi connectivity index (χ4n) is 2.37. The molecule has 1 N–H and O–H groups in total. The molecule has 2 rings (SSSR count). The van der Waals surface area contributed by atoms with Crippen LogP contribution in [0.4, 0.5) is 0 Å². The summed E-state index contributed by atoms with van der Waals surface area (Å²) in [5.74, 6) is 0. The van der Waals surface area contributed by atoms with Gasteiger partial charge in [-0.1, -0.05) is 24.3 Å². The minimum absolute atomic E-state index is 0.363. The third-order valence-electron chi connectivity index (χ3n) is 3.44. The van der Waals surface area contributed by atoms with Crippen molar-refractivity contribution in [1.82, 2.24) is 0 Å². The number of hydrogen-bond donors (Lipinski definition) is 1. The van der Waals surface area contributed by atoms with E-state index in [4.69, 9.17) is 9.78 Å². The fraction of sp³-hybridized carbons (Fsp3) is 0.714. The standard InChI is InChI=1S/C14H22O3/c1-12(2,3)16-17-14-10-6-4-8-13(14,15)9-5-7-11-14/h4-7,15H,8-11H2,1-3H3. The normalized spacial score (nSPS) is 36.9. The van der Waals surface area contributed by atoms with Crippen LogP contribution in [-0.2, 0) is 9.78 Å². The molecule has 0 spiro atoms. The summed E-state index contributed by atoms with van der Waals surface area (Å²) in [6, 6.07) is 0. The Morgan fingerprint density at radius 2 is 1.41 bits per heavy atom. The molecule has 2 aliphatic rings. The van der Waals surface area contributed by atoms with Crippen molar-refractivity contribution in [3.8, 4) is 0 Å². The Labute approximate surface area is 103 Å². The van der Waals surface area contributed by atoms with Gasteiger partial charge in [-0.05, 0) is 33.6 Å². The summed E-state index contributed by atoms with van der Waals surface area (Å²) >= 11 is 0. The van der Waals surface area contributed by atoms with Gasteiger partial charge in [0.25, 0.3) is 0 Å². The topological polar surface area (TPSA) is 38.7 Å². The number of hydrogen-bond acceptors (Lipinski definition) is 3. The average molecular weight is 238 g/mol. The Kier molecular flexibility index (Phi) is 3.19. The maximum absolute atomic E-state index is 10.7. The van der Waals surface area contributed by atoms with Gasteiger partial charge in [0.2, 0.25) is 0 Å². The second kappa shape index (κ2) is 4.23. The maximum Gasteiger partial charge on any atom is 0.139 e. The van der Waals surface area contributed by atoms with E-state index in [2.05, 4.69) is 12.2 Å². The molecule has 0 aromatic carbocycles. The molecule has 0 saturated carbocycles. The Hall–Kier alpha value is -0.640. The van der Waals surface area contributed by atoms with Crippen molar-refractivity contribution >= 4 is 0 Å². The van der Waals surface area contributed by atoms with Crippen LogP contribution in [0.5, 0.6) is 0 Å². The van der Waals surface area contributed by atoms with Crippen molar-refractivity contribution in [3.63, 3.8) is 0 Å². The molecule has 0 atom stereocenters. The summed E-state index contributed by atoms with van der Waals surface area (Å²) in [6.45, 7) is 5.83. The number of aliphatic hydroxyl groups is 1. The molecule has 0 aromatic heterocycles. The van der Waals surface area contributed by atoms with Crippen molar-refractivity contribution in [2.45, 2.75) is 63.3 Å². The van der Waals surface area contributed by atoms with E-state index in [9.17, 15) is 5.11 Å². The second-order valence-electron chi connectivity index (χ2n) is 6.06. The molecular formula is C14H22O3. The van der Waals surface area contributed by atoms with Crippen molar-refractivity contribution in [1.29, 1.82) is 0 Å². The van der Waals surface area contributed by atoms with Gasteiger partial charge >= 0.3 is 0 Å². The Bertz CT molecular complexity index is 318. The van der Waals surface area contributed by atoms with Gasteiger partial charge in [0, 0.05) is 12.8 Å². The summed E-state index contributed by atoms with van der Waals surface area (Å²) in [6.07, 6.45) is 10.8. The van der Waals surface area contributed by atoms with E-state index in [1.54, 1.807) is 0 Å². The van der Waals surface area contributed by atoms with Crippen LogP contribution in [0.1, 0.15) is 46.5 Å². The monoisotopic (exact) mass is 238 g/mol. The highest BCUT2D eigenvalue weighted by Gasteiger charge is 2.53. The van der Waals surface area contributed by atoms with E-state index >= 15 is 0 Å². The van der Waals surface area contributed by atoms with E-state index in [0.29, 0.717) is 25.7 Å². The van der Waals surface area contributed by atoms with Gasteiger partial charge in [-0.3, -0.25) is 0 Å². The first-order chi connectivity index (χ1) is 7.87. The summed E-state index contributed by atoms with van der Waals surface area (Å²) < 4.78 is 0. The first-order valence-electron chi connectivity index (χ1n) is 6.26. The zero-order valence-corrected chi connectivity index (χ0v) is 10.9. The first-order valence-corrected chi connectivity index (χ1v) is 6.26. The highest BCUT2D eigenvalue weighted by Crippen LogP contribution is 2.45. The van der Waals surface area contributed by atoms with Crippen molar-refractivity contribution in [2.75, 3.05) is 0 Å². The van der Waals surface area contributed by atoms with Gasteiger partial charge in [0.05, 0.1) is 5.60 Å². The molecule has 0 radical (unpaired) electrons. The zero-order chi connectivity index (χ0) is 12.6. The lowest BCUT2D eigenvalue weighted by Crippen LogP contribution is -2.58. The summed E-state index contributed by atoms with van der Waals surface area (Å²) in [5.41, 5.74) is -1.82. The van der Waals surface area contributed by atoms with E-state index in [1.807, 2.05) is 32.9 Å². The van der Waals surface area contributed by atoms with Gasteiger partial charge in [-0.25, -0.2) is 9.78 Å². The molecule has 0 aliphatic heterocycles. The molecule has 0 amide bonds. The van der Waals surface area contributed by atoms with Crippen molar-refractivity contribution < 1.29 is 14.9 Å². The zero-order valence-electron chi connectivity index (χ0n) is 10.9. The highest BCUT2D eigenvalue weighted by molar-refractivity contribution is 5.20. The summed E-state index contributed by atoms with van der Waals surface area (Å²) in [5, 5.41) is 10.7. The minimum atomic E-state index is -0.832. The van der Waals surface area contributed by atoms with Gasteiger partial charge in [-0.2, -0.15) is 0 Å². The molecule has 0 saturated heterocycles. The molecular weight excluding hydrogens is 216 g/mol. The first kappa shape index (κ1) is 12.8. The van der Waals surface area contributed by atoms with Crippen LogP contribution >= 0.6 is 0 Å².